The molecule has 1 fully saturated rings. The largest absolute Gasteiger partial charge is 0.493 e. The lowest BCUT2D eigenvalue weighted by Gasteiger charge is -2.16. The molecular formula is C22H22ClN7O3S. The maximum Gasteiger partial charge on any atom is 0.213 e. The molecule has 1 aliphatic carbocycles. The van der Waals surface area contributed by atoms with Crippen molar-refractivity contribution < 1.29 is 14.2 Å². The van der Waals surface area contributed by atoms with Crippen LogP contribution in [-0.2, 0) is 0 Å². The third-order valence-electron chi connectivity index (χ3n) is 5.06. The minimum atomic E-state index is 0.238. The summed E-state index contributed by atoms with van der Waals surface area (Å²) in [4.78, 5) is 22.9. The van der Waals surface area contributed by atoms with Gasteiger partial charge >= 0.3 is 0 Å². The van der Waals surface area contributed by atoms with Gasteiger partial charge in [0, 0.05) is 11.3 Å². The lowest BCUT2D eigenvalue weighted by molar-refractivity contribution is 0.327. The Balaban J connectivity index is 1.77. The summed E-state index contributed by atoms with van der Waals surface area (Å²) in [5.74, 6) is 2.36. The number of halogens is 1. The molecule has 4 aromatic heterocycles. The monoisotopic (exact) mass is 499 g/mol. The Hall–Kier alpha value is -3.31. The molecule has 176 valence electrons. The topological polar surface area (TPSA) is 109 Å². The molecule has 1 aliphatic rings. The van der Waals surface area contributed by atoms with E-state index >= 15 is 0 Å². The van der Waals surface area contributed by atoms with Gasteiger partial charge in [0.05, 0.1) is 33.2 Å². The summed E-state index contributed by atoms with van der Waals surface area (Å²) < 4.78 is 21.9. The maximum atomic E-state index is 6.45. The molecule has 4 aromatic rings. The molecule has 0 bridgehead atoms. The molecule has 10 nitrogen and oxygen atoms in total. The maximum absolute atomic E-state index is 6.45. The van der Waals surface area contributed by atoms with Crippen molar-refractivity contribution in [2.45, 2.75) is 25.0 Å². The van der Waals surface area contributed by atoms with Crippen LogP contribution in [0.4, 0.5) is 5.82 Å². The fraction of sp³-hybridized carbons (Fsp3) is 0.318. The Morgan fingerprint density at radius 1 is 1.09 bits per heavy atom. The first kappa shape index (κ1) is 22.5. The van der Waals surface area contributed by atoms with Gasteiger partial charge in [-0.25, -0.2) is 19.9 Å². The summed E-state index contributed by atoms with van der Waals surface area (Å²) in [7, 11) is 3.13. The number of rotatable bonds is 9. The van der Waals surface area contributed by atoms with Crippen LogP contribution in [0.3, 0.4) is 0 Å². The number of pyridine rings is 2. The number of hydrogen-bond donors (Lipinski definition) is 1. The summed E-state index contributed by atoms with van der Waals surface area (Å²) >= 11 is 8.04. The van der Waals surface area contributed by atoms with Crippen LogP contribution in [0.25, 0.3) is 28.5 Å². The van der Waals surface area contributed by atoms with E-state index in [2.05, 4.69) is 19.7 Å². The van der Waals surface area contributed by atoms with E-state index in [4.69, 9.17) is 35.8 Å². The number of hydrogen-bond acceptors (Lipinski definition) is 10. The van der Waals surface area contributed by atoms with E-state index in [0.717, 1.165) is 0 Å². The van der Waals surface area contributed by atoms with Gasteiger partial charge < -0.3 is 18.9 Å². The van der Waals surface area contributed by atoms with Crippen molar-refractivity contribution >= 4 is 40.7 Å². The van der Waals surface area contributed by atoms with E-state index in [9.17, 15) is 0 Å². The average molecular weight is 500 g/mol. The first-order valence-electron chi connectivity index (χ1n) is 10.7. The van der Waals surface area contributed by atoms with Crippen molar-refractivity contribution in [3.63, 3.8) is 0 Å². The Morgan fingerprint density at radius 2 is 1.85 bits per heavy atom. The van der Waals surface area contributed by atoms with Gasteiger partial charge in [-0.2, -0.15) is 0 Å². The van der Waals surface area contributed by atoms with E-state index in [-0.39, 0.29) is 5.15 Å². The Bertz CT molecular complexity index is 1320. The zero-order valence-electron chi connectivity index (χ0n) is 18.8. The smallest absolute Gasteiger partial charge is 0.213 e. The summed E-state index contributed by atoms with van der Waals surface area (Å²) in [6.45, 7) is 2.39. The number of nitrogens with zero attached hydrogens (tertiary/aromatic N) is 6. The number of methoxy groups -OCH3 is 2. The molecule has 0 atom stereocenters. The molecule has 0 aromatic carbocycles. The number of imidazole rings is 1. The summed E-state index contributed by atoms with van der Waals surface area (Å²) in [5.41, 5.74) is 1.94. The van der Waals surface area contributed by atoms with Gasteiger partial charge in [0.2, 0.25) is 5.88 Å². The highest BCUT2D eigenvalue weighted by Gasteiger charge is 2.26. The van der Waals surface area contributed by atoms with Gasteiger partial charge in [-0.1, -0.05) is 17.7 Å². The predicted octanol–water partition coefficient (Wildman–Crippen LogP) is 4.56. The van der Waals surface area contributed by atoms with Crippen molar-refractivity contribution in [1.82, 2.24) is 29.5 Å². The molecule has 4 heterocycles. The summed E-state index contributed by atoms with van der Waals surface area (Å²) in [6.07, 6.45) is 5.53. The second-order valence-corrected chi connectivity index (χ2v) is 8.85. The minimum Gasteiger partial charge on any atom is -0.493 e. The molecule has 5 rings (SSSR count). The molecule has 0 unspecified atom stereocenters. The lowest BCUT2D eigenvalue weighted by Crippen LogP contribution is -2.06. The molecule has 1 N–H and O–H groups in total. The molecule has 0 spiro atoms. The van der Waals surface area contributed by atoms with Gasteiger partial charge in [0.1, 0.15) is 11.4 Å². The zero-order valence-corrected chi connectivity index (χ0v) is 20.4. The molecule has 0 saturated heterocycles. The molecule has 34 heavy (non-hydrogen) atoms. The number of fused-ring (bicyclic) bond motifs is 1. The molecule has 0 amide bonds. The second kappa shape index (κ2) is 9.51. The highest BCUT2D eigenvalue weighted by molar-refractivity contribution is 8.01. The van der Waals surface area contributed by atoms with Crippen LogP contribution in [-0.4, -0.2) is 55.6 Å². The summed E-state index contributed by atoms with van der Waals surface area (Å²) in [5, 5.41) is 0.793. The fourth-order valence-electron chi connectivity index (χ4n) is 3.35. The van der Waals surface area contributed by atoms with Gasteiger partial charge in [0.25, 0.3) is 0 Å². The van der Waals surface area contributed by atoms with Gasteiger partial charge in [-0.05, 0) is 37.8 Å². The Labute approximate surface area is 205 Å². The quantitative estimate of drug-likeness (QED) is 0.329. The first-order chi connectivity index (χ1) is 16.6. The molecular weight excluding hydrogens is 478 g/mol. The van der Waals surface area contributed by atoms with E-state index in [1.807, 2.05) is 19.1 Å². The van der Waals surface area contributed by atoms with Crippen LogP contribution >= 0.6 is 23.5 Å². The molecule has 1 saturated carbocycles. The highest BCUT2D eigenvalue weighted by atomic mass is 35.5. The van der Waals surface area contributed by atoms with Crippen molar-refractivity contribution in [1.29, 1.82) is 0 Å². The van der Waals surface area contributed by atoms with Crippen LogP contribution in [0, 0.1) is 0 Å². The Morgan fingerprint density at radius 3 is 2.53 bits per heavy atom. The fourth-order valence-corrected chi connectivity index (χ4v) is 4.37. The van der Waals surface area contributed by atoms with Gasteiger partial charge in [0.15, 0.2) is 39.6 Å². The second-order valence-electron chi connectivity index (χ2n) is 7.39. The Kier molecular flexibility index (Phi) is 6.29. The van der Waals surface area contributed by atoms with Crippen LogP contribution < -0.4 is 18.9 Å². The van der Waals surface area contributed by atoms with Crippen molar-refractivity contribution in [2.24, 2.45) is 0 Å². The zero-order chi connectivity index (χ0) is 23.7. The van der Waals surface area contributed by atoms with Crippen molar-refractivity contribution in [3.05, 3.63) is 35.7 Å². The van der Waals surface area contributed by atoms with Gasteiger partial charge in [-0.3, -0.25) is 9.55 Å². The van der Waals surface area contributed by atoms with Crippen LogP contribution in [0.1, 0.15) is 19.8 Å². The molecule has 0 aliphatic heterocycles. The number of ether oxygens (including phenoxy) is 3. The van der Waals surface area contributed by atoms with Crippen LogP contribution in [0.5, 0.6) is 17.4 Å². The highest BCUT2D eigenvalue weighted by Crippen LogP contribution is 2.39. The van der Waals surface area contributed by atoms with E-state index in [1.165, 1.54) is 12.8 Å². The van der Waals surface area contributed by atoms with Crippen molar-refractivity contribution in [3.8, 4) is 34.6 Å². The summed E-state index contributed by atoms with van der Waals surface area (Å²) in [6, 6.07) is 5.48. The van der Waals surface area contributed by atoms with E-state index in [0.29, 0.717) is 63.6 Å². The number of aromatic nitrogens is 6. The third kappa shape index (κ3) is 4.28. The first-order valence-corrected chi connectivity index (χ1v) is 11.9. The third-order valence-corrected chi connectivity index (χ3v) is 6.44. The minimum absolute atomic E-state index is 0.238. The average Bonchev–Trinajstić information content (AvgIpc) is 3.62. The van der Waals surface area contributed by atoms with Crippen LogP contribution in [0.2, 0.25) is 5.15 Å². The van der Waals surface area contributed by atoms with Crippen LogP contribution in [0.15, 0.2) is 30.6 Å². The number of anilines is 1. The number of nitrogens with one attached hydrogen (secondary N) is 1. The predicted molar refractivity (Wildman–Crippen MR) is 131 cm³/mol. The molecule has 12 heteroatoms. The van der Waals surface area contributed by atoms with E-state index < -0.39 is 0 Å². The normalized spacial score (nSPS) is 13.2. The van der Waals surface area contributed by atoms with Crippen molar-refractivity contribution in [2.75, 3.05) is 25.5 Å². The standard InChI is InChI=1S/C22H22ClN7O3S/c1-4-33-16-7-5-6-13(25-16)21-28-20-22(27-19(18(23)26-20)29-34-12-8-9-12)30(21)17-14(31-2)10-24-11-15(17)32-3/h5-7,10-12H,4,8-9H2,1-3H3,(H,27,29). The molecule has 0 radical (unpaired) electrons. The van der Waals surface area contributed by atoms with Gasteiger partial charge in [-0.15, -0.1) is 0 Å². The lowest BCUT2D eigenvalue weighted by atomic mass is 10.3. The SMILES string of the molecule is CCOc1cccc(-c2nc3nc(Cl)c(NSC4CC4)nc3n2-c2c(OC)cncc2OC)n1. The van der Waals surface area contributed by atoms with E-state index in [1.54, 1.807) is 49.2 Å².